The molecule has 4 atom stereocenters. The van der Waals surface area contributed by atoms with Gasteiger partial charge < -0.3 is 5.11 Å². The molecule has 1 N–H and O–H groups in total. The summed E-state index contributed by atoms with van der Waals surface area (Å²) >= 11 is 0. The van der Waals surface area contributed by atoms with Crippen LogP contribution in [0, 0.1) is 29.1 Å². The van der Waals surface area contributed by atoms with Crippen LogP contribution in [-0.2, 0) is 0 Å². The van der Waals surface area contributed by atoms with E-state index in [0.717, 1.165) is 25.2 Å². The van der Waals surface area contributed by atoms with E-state index in [1.54, 1.807) is 6.08 Å². The predicted molar refractivity (Wildman–Crippen MR) is 128 cm³/mol. The highest BCUT2D eigenvalue weighted by atomic mass is 19.3. The van der Waals surface area contributed by atoms with Gasteiger partial charge in [-0.3, -0.25) is 0 Å². The Bertz CT molecular complexity index is 670. The lowest BCUT2D eigenvalue weighted by molar-refractivity contribution is -0.0868. The number of alkyl halides is 2. The summed E-state index contributed by atoms with van der Waals surface area (Å²) in [6.07, 6.45) is 10.6. The summed E-state index contributed by atoms with van der Waals surface area (Å²) in [4.78, 5) is 0. The van der Waals surface area contributed by atoms with E-state index in [9.17, 15) is 13.9 Å². The lowest BCUT2D eigenvalue weighted by atomic mass is 9.67. The molecule has 0 radical (unpaired) electrons. The SMILES string of the molecule is C=C1CC[C@H](O)C(F)(F)/C1=C/C=C(\CCC)C1CCC([C@H](C)CCCC(C)C)C1(C)C. The molecule has 0 amide bonds. The normalized spacial score (nSPS) is 30.9. The topological polar surface area (TPSA) is 20.2 Å². The van der Waals surface area contributed by atoms with Crippen molar-refractivity contribution in [2.45, 2.75) is 111 Å². The van der Waals surface area contributed by atoms with Gasteiger partial charge >= 0.3 is 0 Å². The van der Waals surface area contributed by atoms with E-state index in [1.807, 2.05) is 6.08 Å². The largest absolute Gasteiger partial charge is 0.386 e. The average Bonchev–Trinajstić information content (AvgIpc) is 2.98. The third-order valence-corrected chi connectivity index (χ3v) is 8.08. The van der Waals surface area contributed by atoms with E-state index >= 15 is 0 Å². The summed E-state index contributed by atoms with van der Waals surface area (Å²) < 4.78 is 29.2. The highest BCUT2D eigenvalue weighted by Crippen LogP contribution is 2.55. The zero-order valence-corrected chi connectivity index (χ0v) is 20.8. The maximum atomic E-state index is 14.6. The number of allylic oxidation sites excluding steroid dienone is 4. The Kier molecular flexibility index (Phi) is 9.14. The zero-order valence-electron chi connectivity index (χ0n) is 20.8. The summed E-state index contributed by atoms with van der Waals surface area (Å²) in [5, 5.41) is 9.84. The number of halogens is 2. The van der Waals surface area contributed by atoms with E-state index in [4.69, 9.17) is 0 Å². The molecule has 178 valence electrons. The smallest absolute Gasteiger partial charge is 0.298 e. The van der Waals surface area contributed by atoms with E-state index in [-0.39, 0.29) is 17.4 Å². The van der Waals surface area contributed by atoms with Gasteiger partial charge in [-0.1, -0.05) is 91.5 Å². The van der Waals surface area contributed by atoms with E-state index in [1.165, 1.54) is 31.3 Å². The molecule has 2 aliphatic carbocycles. The second-order valence-electron chi connectivity index (χ2n) is 11.2. The third kappa shape index (κ3) is 6.09. The minimum Gasteiger partial charge on any atom is -0.386 e. The molecule has 0 aromatic carbocycles. The van der Waals surface area contributed by atoms with Crippen molar-refractivity contribution in [3.05, 3.63) is 35.5 Å². The first-order chi connectivity index (χ1) is 14.4. The Hall–Kier alpha value is -0.960. The van der Waals surface area contributed by atoms with Crippen LogP contribution in [0.5, 0.6) is 0 Å². The fraction of sp³-hybridized carbons (Fsp3) is 0.786. The summed E-state index contributed by atoms with van der Waals surface area (Å²) in [6, 6.07) is 0. The quantitative estimate of drug-likeness (QED) is 0.384. The van der Waals surface area contributed by atoms with Crippen LogP contribution in [0.25, 0.3) is 0 Å². The monoisotopic (exact) mass is 436 g/mol. The van der Waals surface area contributed by atoms with Gasteiger partial charge in [-0.2, -0.15) is 8.78 Å². The number of aliphatic hydroxyl groups excluding tert-OH is 1. The van der Waals surface area contributed by atoms with Crippen molar-refractivity contribution in [3.8, 4) is 0 Å². The van der Waals surface area contributed by atoms with Crippen molar-refractivity contribution in [1.82, 2.24) is 0 Å². The molecule has 0 aromatic heterocycles. The molecule has 0 aromatic rings. The molecule has 2 rings (SSSR count). The molecule has 1 nitrogen and oxygen atoms in total. The summed E-state index contributed by atoms with van der Waals surface area (Å²) in [7, 11) is 0. The second-order valence-corrected chi connectivity index (χ2v) is 11.2. The van der Waals surface area contributed by atoms with Gasteiger partial charge in [-0.25, -0.2) is 0 Å². The summed E-state index contributed by atoms with van der Waals surface area (Å²) in [5.74, 6) is -0.655. The van der Waals surface area contributed by atoms with Gasteiger partial charge in [0, 0.05) is 5.57 Å². The Morgan fingerprint density at radius 2 is 1.84 bits per heavy atom. The fourth-order valence-corrected chi connectivity index (χ4v) is 6.20. The molecule has 2 aliphatic rings. The van der Waals surface area contributed by atoms with Crippen molar-refractivity contribution in [1.29, 1.82) is 0 Å². The lowest BCUT2D eigenvalue weighted by Gasteiger charge is -2.38. The van der Waals surface area contributed by atoms with E-state index in [0.29, 0.717) is 29.7 Å². The molecule has 31 heavy (non-hydrogen) atoms. The highest BCUT2D eigenvalue weighted by Gasteiger charge is 2.47. The third-order valence-electron chi connectivity index (χ3n) is 8.08. The van der Waals surface area contributed by atoms with Crippen LogP contribution in [-0.4, -0.2) is 17.1 Å². The maximum Gasteiger partial charge on any atom is 0.298 e. The zero-order chi connectivity index (χ0) is 23.4. The number of aliphatic hydroxyl groups is 1. The van der Waals surface area contributed by atoms with Crippen LogP contribution in [0.4, 0.5) is 8.78 Å². The first-order valence-electron chi connectivity index (χ1n) is 12.6. The van der Waals surface area contributed by atoms with Crippen molar-refractivity contribution in [2.24, 2.45) is 29.1 Å². The summed E-state index contributed by atoms with van der Waals surface area (Å²) in [6.45, 7) is 17.8. The van der Waals surface area contributed by atoms with Crippen molar-refractivity contribution in [3.63, 3.8) is 0 Å². The molecular formula is C28H46F2O. The molecule has 0 heterocycles. The molecule has 0 bridgehead atoms. The molecule has 0 spiro atoms. The van der Waals surface area contributed by atoms with Crippen LogP contribution < -0.4 is 0 Å². The van der Waals surface area contributed by atoms with Crippen LogP contribution in [0.2, 0.25) is 0 Å². The van der Waals surface area contributed by atoms with Gasteiger partial charge in [0.05, 0.1) is 0 Å². The van der Waals surface area contributed by atoms with E-state index < -0.39 is 12.0 Å². The number of hydrogen-bond donors (Lipinski definition) is 1. The standard InChI is InChI=1S/C28H46F2O/c1-8-10-22(14-15-24-21(5)13-18-26(31)28(24,29)30)25-17-16-23(27(25,6)7)20(4)12-9-11-19(2)3/h14-15,19-20,23,25-26,31H,5,8-13,16-18H2,1-4,6-7H3/b22-14+,24-15+/t20-,23?,25?,26+/m1/s1. The Morgan fingerprint density at radius 3 is 2.45 bits per heavy atom. The van der Waals surface area contributed by atoms with Gasteiger partial charge in [-0.15, -0.1) is 0 Å². The van der Waals surface area contributed by atoms with Crippen LogP contribution in [0.15, 0.2) is 35.5 Å². The fourth-order valence-electron chi connectivity index (χ4n) is 6.20. The van der Waals surface area contributed by atoms with Gasteiger partial charge in [0.2, 0.25) is 0 Å². The van der Waals surface area contributed by atoms with Gasteiger partial charge in [0.25, 0.3) is 5.92 Å². The van der Waals surface area contributed by atoms with Crippen LogP contribution in [0.3, 0.4) is 0 Å². The number of rotatable bonds is 9. The van der Waals surface area contributed by atoms with Crippen molar-refractivity contribution in [2.75, 3.05) is 0 Å². The molecule has 2 fully saturated rings. The average molecular weight is 437 g/mol. The molecule has 2 saturated carbocycles. The number of hydrogen-bond acceptors (Lipinski definition) is 1. The first kappa shape index (κ1) is 26.3. The molecular weight excluding hydrogens is 390 g/mol. The minimum atomic E-state index is -3.21. The Balaban J connectivity index is 2.23. The van der Waals surface area contributed by atoms with Crippen LogP contribution >= 0.6 is 0 Å². The molecule has 0 aliphatic heterocycles. The molecule has 0 saturated heterocycles. The minimum absolute atomic E-state index is 0.0748. The Labute approximate surface area is 190 Å². The predicted octanol–water partition coefficient (Wildman–Crippen LogP) is 8.50. The highest BCUT2D eigenvalue weighted by molar-refractivity contribution is 5.41. The first-order valence-corrected chi connectivity index (χ1v) is 12.6. The van der Waals surface area contributed by atoms with Crippen LogP contribution in [0.1, 0.15) is 99.3 Å². The van der Waals surface area contributed by atoms with Crippen molar-refractivity contribution >= 4 is 0 Å². The van der Waals surface area contributed by atoms with E-state index in [2.05, 4.69) is 48.1 Å². The van der Waals surface area contributed by atoms with Gasteiger partial charge in [-0.05, 0) is 66.8 Å². The summed E-state index contributed by atoms with van der Waals surface area (Å²) in [5.41, 5.74) is 1.85. The molecule has 2 unspecified atom stereocenters. The second kappa shape index (κ2) is 10.8. The van der Waals surface area contributed by atoms with Gasteiger partial charge in [0.15, 0.2) is 0 Å². The molecule has 3 heteroatoms. The van der Waals surface area contributed by atoms with Gasteiger partial charge in [0.1, 0.15) is 6.10 Å². The van der Waals surface area contributed by atoms with Crippen molar-refractivity contribution < 1.29 is 13.9 Å². The Morgan fingerprint density at radius 1 is 1.16 bits per heavy atom. The lowest BCUT2D eigenvalue weighted by Crippen LogP contribution is -2.39. The maximum absolute atomic E-state index is 14.6.